The molecule has 244 valence electrons. The molecule has 6 heteroatoms. The lowest BCUT2D eigenvalue weighted by Gasteiger charge is -2.22. The fraction of sp³-hybridized carbons (Fsp3) is 0.943. The molecule has 0 radical (unpaired) electrons. The summed E-state index contributed by atoms with van der Waals surface area (Å²) in [4.78, 5) is 27.3. The maximum atomic E-state index is 12.7. The molecule has 0 fully saturated rings. The third-order valence-electron chi connectivity index (χ3n) is 7.97. The Balaban J connectivity index is 4.45. The summed E-state index contributed by atoms with van der Waals surface area (Å²) in [7, 11) is 0. The highest BCUT2D eigenvalue weighted by Crippen LogP contribution is 2.18. The topological polar surface area (TPSA) is 76.1 Å². The molecule has 0 saturated heterocycles. The third kappa shape index (κ3) is 26.2. The van der Waals surface area contributed by atoms with Crippen LogP contribution in [0.1, 0.15) is 175 Å². The molecule has 2 unspecified atom stereocenters. The lowest BCUT2D eigenvalue weighted by molar-refractivity contribution is -0.150. The van der Waals surface area contributed by atoms with Crippen LogP contribution in [0.25, 0.3) is 0 Å². The number of hydrogen-bond acceptors (Lipinski definition) is 6. The zero-order valence-electron chi connectivity index (χ0n) is 27.8. The predicted molar refractivity (Wildman–Crippen MR) is 172 cm³/mol. The molecule has 1 N–H and O–H groups in total. The van der Waals surface area contributed by atoms with E-state index in [0.717, 1.165) is 64.5 Å². The molecule has 0 aliphatic carbocycles. The molecule has 0 aliphatic rings. The van der Waals surface area contributed by atoms with Crippen LogP contribution in [0.4, 0.5) is 0 Å². The maximum absolute atomic E-state index is 12.7. The highest BCUT2D eigenvalue weighted by molar-refractivity contribution is 5.69. The van der Waals surface area contributed by atoms with E-state index in [4.69, 9.17) is 9.47 Å². The molecule has 0 amide bonds. The first-order valence-corrected chi connectivity index (χ1v) is 17.7. The van der Waals surface area contributed by atoms with Crippen LogP contribution in [0.15, 0.2) is 0 Å². The summed E-state index contributed by atoms with van der Waals surface area (Å²) in [6.07, 6.45) is 24.3. The van der Waals surface area contributed by atoms with Crippen LogP contribution in [0.5, 0.6) is 0 Å². The lowest BCUT2D eigenvalue weighted by Crippen LogP contribution is -2.30. The van der Waals surface area contributed by atoms with Crippen molar-refractivity contribution >= 4 is 11.9 Å². The van der Waals surface area contributed by atoms with Crippen molar-refractivity contribution in [1.82, 2.24) is 4.90 Å². The van der Waals surface area contributed by atoms with Crippen LogP contribution in [-0.4, -0.2) is 60.4 Å². The quantitative estimate of drug-likeness (QED) is 0.0648. The number of aliphatic hydroxyl groups excluding tert-OH is 1. The van der Waals surface area contributed by atoms with E-state index >= 15 is 0 Å². The fourth-order valence-electron chi connectivity index (χ4n) is 5.46. The van der Waals surface area contributed by atoms with Gasteiger partial charge in [-0.1, -0.05) is 105 Å². The number of hydrogen-bond donors (Lipinski definition) is 1. The zero-order valence-corrected chi connectivity index (χ0v) is 27.8. The van der Waals surface area contributed by atoms with Gasteiger partial charge in [0.15, 0.2) is 0 Å². The van der Waals surface area contributed by atoms with Crippen molar-refractivity contribution in [3.63, 3.8) is 0 Å². The summed E-state index contributed by atoms with van der Waals surface area (Å²) in [5.74, 6) is -0.203. The van der Waals surface area contributed by atoms with E-state index < -0.39 is 0 Å². The van der Waals surface area contributed by atoms with Crippen LogP contribution in [0.2, 0.25) is 0 Å². The molecule has 0 aromatic carbocycles. The van der Waals surface area contributed by atoms with Crippen molar-refractivity contribution < 1.29 is 24.2 Å². The van der Waals surface area contributed by atoms with E-state index in [2.05, 4.69) is 32.6 Å². The Morgan fingerprint density at radius 1 is 0.512 bits per heavy atom. The van der Waals surface area contributed by atoms with Crippen molar-refractivity contribution in [2.24, 2.45) is 0 Å². The Hall–Kier alpha value is -1.14. The first-order chi connectivity index (χ1) is 20.0. The van der Waals surface area contributed by atoms with E-state index in [9.17, 15) is 14.7 Å². The van der Waals surface area contributed by atoms with Crippen LogP contribution in [-0.2, 0) is 19.1 Å². The molecule has 0 rings (SSSR count). The Bertz CT molecular complexity index is 585. The molecule has 0 saturated carbocycles. The average molecular weight is 584 g/mol. The standard InChI is InChI=1S/C35H69NO5/c1-5-9-12-14-16-19-25-33(24-18-15-13-10-6-2)41-35(39)27-21-29-36(30-31-37)28-20-26-34(38)40-32(22-8-4)23-17-11-7-3/h32-33,37H,5-31H2,1-4H3. The molecular weight excluding hydrogens is 514 g/mol. The van der Waals surface area contributed by atoms with Crippen LogP contribution in [0, 0.1) is 0 Å². The molecule has 0 heterocycles. The SMILES string of the molecule is CCCCCCCCC(CCCCCCC)OC(=O)CCCN(CCO)CCCC(=O)OC(CCC)CCCCC. The molecule has 0 aromatic rings. The molecule has 0 spiro atoms. The summed E-state index contributed by atoms with van der Waals surface area (Å²) in [5.41, 5.74) is 0. The minimum atomic E-state index is -0.112. The first-order valence-electron chi connectivity index (χ1n) is 17.7. The number of unbranched alkanes of at least 4 members (excludes halogenated alkanes) is 11. The Morgan fingerprint density at radius 3 is 1.34 bits per heavy atom. The molecule has 41 heavy (non-hydrogen) atoms. The Labute approximate surface area is 254 Å². The number of aliphatic hydroxyl groups is 1. The van der Waals surface area contributed by atoms with Crippen LogP contribution in [0.3, 0.4) is 0 Å². The second kappa shape index (κ2) is 30.3. The van der Waals surface area contributed by atoms with Gasteiger partial charge in [0, 0.05) is 19.4 Å². The van der Waals surface area contributed by atoms with Gasteiger partial charge in [-0.2, -0.15) is 0 Å². The summed E-state index contributed by atoms with van der Waals surface area (Å²) in [5, 5.41) is 9.52. The van der Waals surface area contributed by atoms with E-state index in [-0.39, 0.29) is 30.8 Å². The minimum absolute atomic E-state index is 0.0415. The van der Waals surface area contributed by atoms with Crippen molar-refractivity contribution in [2.75, 3.05) is 26.2 Å². The number of rotatable bonds is 31. The number of esters is 2. The maximum Gasteiger partial charge on any atom is 0.306 e. The number of carbonyl (C=O) groups is 2. The highest BCUT2D eigenvalue weighted by Gasteiger charge is 2.16. The van der Waals surface area contributed by atoms with Crippen molar-refractivity contribution in [3.8, 4) is 0 Å². The van der Waals surface area contributed by atoms with Crippen LogP contribution >= 0.6 is 0 Å². The minimum Gasteiger partial charge on any atom is -0.462 e. The Morgan fingerprint density at radius 2 is 0.902 bits per heavy atom. The predicted octanol–water partition coefficient (Wildman–Crippen LogP) is 9.16. The summed E-state index contributed by atoms with van der Waals surface area (Å²) in [6.45, 7) is 10.9. The van der Waals surface area contributed by atoms with Gasteiger partial charge in [-0.05, 0) is 70.9 Å². The van der Waals surface area contributed by atoms with E-state index in [1.807, 2.05) is 0 Å². The van der Waals surface area contributed by atoms with Crippen molar-refractivity contribution in [3.05, 3.63) is 0 Å². The number of nitrogens with zero attached hydrogens (tertiary/aromatic N) is 1. The van der Waals surface area contributed by atoms with Gasteiger partial charge in [-0.15, -0.1) is 0 Å². The second-order valence-corrected chi connectivity index (χ2v) is 12.0. The third-order valence-corrected chi connectivity index (χ3v) is 7.97. The van der Waals surface area contributed by atoms with Gasteiger partial charge in [0.05, 0.1) is 6.61 Å². The largest absolute Gasteiger partial charge is 0.462 e. The molecule has 0 aliphatic heterocycles. The van der Waals surface area contributed by atoms with Gasteiger partial charge >= 0.3 is 11.9 Å². The summed E-state index contributed by atoms with van der Waals surface area (Å²) >= 11 is 0. The number of carbonyl (C=O) groups excluding carboxylic acids is 2. The Kier molecular flexibility index (Phi) is 29.5. The van der Waals surface area contributed by atoms with E-state index in [1.165, 1.54) is 70.6 Å². The van der Waals surface area contributed by atoms with Gasteiger partial charge in [0.25, 0.3) is 0 Å². The smallest absolute Gasteiger partial charge is 0.306 e. The fourth-order valence-corrected chi connectivity index (χ4v) is 5.46. The normalized spacial score (nSPS) is 12.9. The van der Waals surface area contributed by atoms with E-state index in [0.29, 0.717) is 32.2 Å². The van der Waals surface area contributed by atoms with Gasteiger partial charge in [-0.3, -0.25) is 9.59 Å². The molecular formula is C35H69NO5. The summed E-state index contributed by atoms with van der Waals surface area (Å²) < 4.78 is 11.7. The second-order valence-electron chi connectivity index (χ2n) is 12.0. The van der Waals surface area contributed by atoms with Gasteiger partial charge in [-0.25, -0.2) is 0 Å². The monoisotopic (exact) mass is 584 g/mol. The number of ether oxygens (including phenoxy) is 2. The van der Waals surface area contributed by atoms with Gasteiger partial charge < -0.3 is 19.5 Å². The van der Waals surface area contributed by atoms with Gasteiger partial charge in [0.1, 0.15) is 12.2 Å². The first kappa shape index (κ1) is 39.9. The van der Waals surface area contributed by atoms with E-state index in [1.54, 1.807) is 0 Å². The summed E-state index contributed by atoms with van der Waals surface area (Å²) in [6, 6.07) is 0. The van der Waals surface area contributed by atoms with Crippen molar-refractivity contribution in [1.29, 1.82) is 0 Å². The molecule has 0 aromatic heterocycles. The molecule has 2 atom stereocenters. The van der Waals surface area contributed by atoms with Crippen molar-refractivity contribution in [2.45, 2.75) is 188 Å². The van der Waals surface area contributed by atoms with Crippen LogP contribution < -0.4 is 0 Å². The molecule has 6 nitrogen and oxygen atoms in total. The zero-order chi connectivity index (χ0) is 30.4. The van der Waals surface area contributed by atoms with Gasteiger partial charge in [0.2, 0.25) is 0 Å². The average Bonchev–Trinajstić information content (AvgIpc) is 2.94. The lowest BCUT2D eigenvalue weighted by atomic mass is 10.0. The molecule has 0 bridgehead atoms. The highest BCUT2D eigenvalue weighted by atomic mass is 16.5.